The van der Waals surface area contributed by atoms with E-state index in [2.05, 4.69) is 17.9 Å². The summed E-state index contributed by atoms with van der Waals surface area (Å²) in [5, 5.41) is 9.47. The van der Waals surface area contributed by atoms with E-state index in [4.69, 9.17) is 0 Å². The van der Waals surface area contributed by atoms with Gasteiger partial charge in [0.1, 0.15) is 5.75 Å². The highest BCUT2D eigenvalue weighted by Crippen LogP contribution is 2.28. The van der Waals surface area contributed by atoms with Crippen molar-refractivity contribution in [3.05, 3.63) is 29.8 Å². The first kappa shape index (κ1) is 11.5. The van der Waals surface area contributed by atoms with E-state index in [-0.39, 0.29) is 0 Å². The van der Waals surface area contributed by atoms with Crippen LogP contribution in [0.2, 0.25) is 0 Å². The normalized spacial score (nSPS) is 21.4. The molecule has 0 saturated carbocycles. The molecule has 2 heteroatoms. The van der Waals surface area contributed by atoms with E-state index in [1.54, 1.807) is 6.07 Å². The van der Waals surface area contributed by atoms with Gasteiger partial charge in [-0.2, -0.15) is 0 Å². The molecule has 1 aliphatic heterocycles. The van der Waals surface area contributed by atoms with Crippen molar-refractivity contribution in [2.75, 3.05) is 19.6 Å². The minimum atomic E-state index is 0.393. The molecule has 0 bridgehead atoms. The summed E-state index contributed by atoms with van der Waals surface area (Å²) in [7, 11) is 0. The Labute approximate surface area is 97.9 Å². The van der Waals surface area contributed by atoms with Crippen LogP contribution in [0.5, 0.6) is 5.75 Å². The third kappa shape index (κ3) is 2.76. The minimum Gasteiger partial charge on any atom is -0.508 e. The van der Waals surface area contributed by atoms with Crippen LogP contribution in [0.25, 0.3) is 0 Å². The van der Waals surface area contributed by atoms with Crippen LogP contribution < -0.4 is 0 Å². The summed E-state index contributed by atoms with van der Waals surface area (Å²) in [6.07, 6.45) is 3.80. The zero-order chi connectivity index (χ0) is 11.4. The molecular formula is C14H21NO. The number of phenols is 1. The van der Waals surface area contributed by atoms with Crippen molar-refractivity contribution in [2.45, 2.75) is 32.1 Å². The van der Waals surface area contributed by atoms with Gasteiger partial charge < -0.3 is 10.0 Å². The standard InChI is InChI=1S/C14H21NO/c1-2-3-8-15-9-7-13(11-15)12-5-4-6-14(16)10-12/h4-6,10,13,16H,2-3,7-9,11H2,1H3/t13-/m1/s1. The van der Waals surface area contributed by atoms with Crippen molar-refractivity contribution in [1.82, 2.24) is 4.90 Å². The second-order valence-corrected chi connectivity index (χ2v) is 4.73. The van der Waals surface area contributed by atoms with Crippen LogP contribution in [-0.2, 0) is 0 Å². The number of rotatable bonds is 4. The monoisotopic (exact) mass is 219 g/mol. The van der Waals surface area contributed by atoms with E-state index >= 15 is 0 Å². The summed E-state index contributed by atoms with van der Waals surface area (Å²) >= 11 is 0. The summed E-state index contributed by atoms with van der Waals surface area (Å²) in [5.74, 6) is 1.01. The fourth-order valence-corrected chi connectivity index (χ4v) is 2.47. The maximum Gasteiger partial charge on any atom is 0.115 e. The Balaban J connectivity index is 1.93. The van der Waals surface area contributed by atoms with Crippen LogP contribution >= 0.6 is 0 Å². The highest BCUT2D eigenvalue weighted by molar-refractivity contribution is 5.30. The van der Waals surface area contributed by atoms with Crippen molar-refractivity contribution < 1.29 is 5.11 Å². The Morgan fingerprint density at radius 1 is 1.44 bits per heavy atom. The van der Waals surface area contributed by atoms with Gasteiger partial charge in [0.2, 0.25) is 0 Å². The van der Waals surface area contributed by atoms with Crippen molar-refractivity contribution >= 4 is 0 Å². The van der Waals surface area contributed by atoms with Gasteiger partial charge in [-0.25, -0.2) is 0 Å². The molecule has 1 N–H and O–H groups in total. The first-order valence-electron chi connectivity index (χ1n) is 6.31. The number of benzene rings is 1. The Morgan fingerprint density at radius 2 is 2.31 bits per heavy atom. The van der Waals surface area contributed by atoms with E-state index in [9.17, 15) is 5.11 Å². The van der Waals surface area contributed by atoms with E-state index in [1.165, 1.54) is 37.9 Å². The third-order valence-corrected chi connectivity index (χ3v) is 3.44. The maximum absolute atomic E-state index is 9.47. The molecular weight excluding hydrogens is 198 g/mol. The number of unbranched alkanes of at least 4 members (excludes halogenated alkanes) is 1. The van der Waals surface area contributed by atoms with Crippen LogP contribution in [0.1, 0.15) is 37.7 Å². The molecule has 1 atom stereocenters. The largest absolute Gasteiger partial charge is 0.508 e. The fourth-order valence-electron chi connectivity index (χ4n) is 2.47. The third-order valence-electron chi connectivity index (χ3n) is 3.44. The molecule has 1 heterocycles. The zero-order valence-corrected chi connectivity index (χ0v) is 10.0. The summed E-state index contributed by atoms with van der Waals surface area (Å²) in [6.45, 7) is 5.83. The summed E-state index contributed by atoms with van der Waals surface area (Å²) in [6, 6.07) is 7.73. The van der Waals surface area contributed by atoms with Gasteiger partial charge >= 0.3 is 0 Å². The van der Waals surface area contributed by atoms with E-state index < -0.39 is 0 Å². The average Bonchev–Trinajstić information content (AvgIpc) is 2.75. The molecule has 1 aliphatic rings. The lowest BCUT2D eigenvalue weighted by Gasteiger charge is -2.15. The van der Waals surface area contributed by atoms with E-state index in [0.29, 0.717) is 11.7 Å². The number of likely N-dealkylation sites (tertiary alicyclic amines) is 1. The summed E-state index contributed by atoms with van der Waals surface area (Å²) in [5.41, 5.74) is 1.29. The zero-order valence-electron chi connectivity index (χ0n) is 10.0. The molecule has 88 valence electrons. The molecule has 0 spiro atoms. The van der Waals surface area contributed by atoms with Crippen molar-refractivity contribution in [1.29, 1.82) is 0 Å². The van der Waals surface area contributed by atoms with Gasteiger partial charge in [0.25, 0.3) is 0 Å². The average molecular weight is 219 g/mol. The van der Waals surface area contributed by atoms with Crippen molar-refractivity contribution in [2.24, 2.45) is 0 Å². The second kappa shape index (κ2) is 5.35. The Morgan fingerprint density at radius 3 is 3.06 bits per heavy atom. The van der Waals surface area contributed by atoms with E-state index in [0.717, 1.165) is 6.54 Å². The molecule has 0 amide bonds. The SMILES string of the molecule is CCCCN1CC[C@@H](c2cccc(O)c2)C1. The second-order valence-electron chi connectivity index (χ2n) is 4.73. The highest BCUT2D eigenvalue weighted by atomic mass is 16.3. The van der Waals surface area contributed by atoms with Crippen molar-refractivity contribution in [3.8, 4) is 5.75 Å². The Bertz CT molecular complexity index is 337. The Hall–Kier alpha value is -1.02. The maximum atomic E-state index is 9.47. The summed E-state index contributed by atoms with van der Waals surface area (Å²) < 4.78 is 0. The molecule has 2 rings (SSSR count). The molecule has 0 aliphatic carbocycles. The molecule has 0 radical (unpaired) electrons. The number of aromatic hydroxyl groups is 1. The van der Waals surface area contributed by atoms with Gasteiger partial charge in [0.05, 0.1) is 0 Å². The number of hydrogen-bond acceptors (Lipinski definition) is 2. The highest BCUT2D eigenvalue weighted by Gasteiger charge is 2.23. The lowest BCUT2D eigenvalue weighted by atomic mass is 9.98. The van der Waals surface area contributed by atoms with Gasteiger partial charge in [0.15, 0.2) is 0 Å². The lowest BCUT2D eigenvalue weighted by molar-refractivity contribution is 0.328. The number of phenolic OH excluding ortho intramolecular Hbond substituents is 1. The number of nitrogens with zero attached hydrogens (tertiary/aromatic N) is 1. The molecule has 16 heavy (non-hydrogen) atoms. The smallest absolute Gasteiger partial charge is 0.115 e. The van der Waals surface area contributed by atoms with Crippen LogP contribution in [-0.4, -0.2) is 29.6 Å². The van der Waals surface area contributed by atoms with Gasteiger partial charge in [-0.15, -0.1) is 0 Å². The predicted octanol–water partition coefficient (Wildman–Crippen LogP) is 2.98. The van der Waals surface area contributed by atoms with Gasteiger partial charge in [-0.1, -0.05) is 25.5 Å². The predicted molar refractivity (Wildman–Crippen MR) is 66.8 cm³/mol. The van der Waals surface area contributed by atoms with Crippen LogP contribution in [0.3, 0.4) is 0 Å². The molecule has 2 nitrogen and oxygen atoms in total. The van der Waals surface area contributed by atoms with Gasteiger partial charge in [-0.3, -0.25) is 0 Å². The lowest BCUT2D eigenvalue weighted by Crippen LogP contribution is -2.21. The Kier molecular flexibility index (Phi) is 3.83. The van der Waals surface area contributed by atoms with Crippen LogP contribution in [0, 0.1) is 0 Å². The van der Waals surface area contributed by atoms with Crippen LogP contribution in [0.15, 0.2) is 24.3 Å². The fraction of sp³-hybridized carbons (Fsp3) is 0.571. The minimum absolute atomic E-state index is 0.393. The molecule has 0 aromatic heterocycles. The van der Waals surface area contributed by atoms with Gasteiger partial charge in [0, 0.05) is 6.54 Å². The topological polar surface area (TPSA) is 23.5 Å². The van der Waals surface area contributed by atoms with E-state index in [1.807, 2.05) is 12.1 Å². The quantitative estimate of drug-likeness (QED) is 0.841. The number of hydrogen-bond donors (Lipinski definition) is 1. The molecule has 1 saturated heterocycles. The summed E-state index contributed by atoms with van der Waals surface area (Å²) in [4.78, 5) is 2.54. The first-order chi connectivity index (χ1) is 7.79. The molecule has 1 aromatic carbocycles. The molecule has 1 aromatic rings. The van der Waals surface area contributed by atoms with Crippen molar-refractivity contribution in [3.63, 3.8) is 0 Å². The van der Waals surface area contributed by atoms with Crippen LogP contribution in [0.4, 0.5) is 0 Å². The first-order valence-corrected chi connectivity index (χ1v) is 6.31. The van der Waals surface area contributed by atoms with Gasteiger partial charge in [-0.05, 0) is 49.5 Å². The molecule has 1 fully saturated rings. The molecule has 0 unspecified atom stereocenters.